The Morgan fingerprint density at radius 2 is 2.06 bits per heavy atom. The molecule has 0 aliphatic rings. The van der Waals surface area contributed by atoms with Gasteiger partial charge in [0.25, 0.3) is 0 Å². The molecule has 16 heavy (non-hydrogen) atoms. The lowest BCUT2D eigenvalue weighted by atomic mass is 10.2. The molecule has 0 aromatic carbocycles. The molecule has 0 radical (unpaired) electrons. The highest BCUT2D eigenvalue weighted by molar-refractivity contribution is 5.78. The number of methoxy groups -OCH3 is 1. The van der Waals surface area contributed by atoms with E-state index in [0.29, 0.717) is 6.42 Å². The number of carbonyl (C=O) groups excluding carboxylic acids is 1. The van der Waals surface area contributed by atoms with Crippen molar-refractivity contribution in [3.63, 3.8) is 0 Å². The number of aliphatic hydroxyl groups is 1. The number of rotatable bonds is 9. The predicted octanol–water partition coefficient (Wildman–Crippen LogP) is -1.40. The molecule has 0 spiro atoms. The monoisotopic (exact) mass is 235 g/mol. The Kier molecular flexibility index (Phi) is 8.41. The molecule has 7 nitrogen and oxygen atoms in total. The molecule has 0 aliphatic heterocycles. The van der Waals surface area contributed by atoms with Crippen molar-refractivity contribution < 1.29 is 29.3 Å². The Labute approximate surface area is 93.3 Å². The Morgan fingerprint density at radius 3 is 2.56 bits per heavy atom. The van der Waals surface area contributed by atoms with Gasteiger partial charge in [0.2, 0.25) is 5.91 Å². The topological polar surface area (TPSA) is 105 Å². The van der Waals surface area contributed by atoms with E-state index in [1.165, 1.54) is 7.11 Å². The lowest BCUT2D eigenvalue weighted by Crippen LogP contribution is -2.40. The van der Waals surface area contributed by atoms with Crippen LogP contribution in [-0.2, 0) is 19.1 Å². The summed E-state index contributed by atoms with van der Waals surface area (Å²) in [4.78, 5) is 21.3. The largest absolute Gasteiger partial charge is 0.480 e. The van der Waals surface area contributed by atoms with Gasteiger partial charge in [0, 0.05) is 13.7 Å². The third-order valence-electron chi connectivity index (χ3n) is 1.67. The average molecular weight is 235 g/mol. The second kappa shape index (κ2) is 9.08. The SMILES string of the molecule is COCC(CCO)NC(=O)COCC(=O)O. The first-order valence-corrected chi connectivity index (χ1v) is 4.78. The normalized spacial score (nSPS) is 12.1. The molecule has 0 aromatic heterocycles. The number of carboxylic acids is 1. The molecule has 94 valence electrons. The van der Waals surface area contributed by atoms with Gasteiger partial charge in [-0.3, -0.25) is 4.79 Å². The number of aliphatic hydroxyl groups excluding tert-OH is 1. The number of nitrogens with one attached hydrogen (secondary N) is 1. The summed E-state index contributed by atoms with van der Waals surface area (Å²) in [5.41, 5.74) is 0. The number of hydrogen-bond donors (Lipinski definition) is 3. The Morgan fingerprint density at radius 1 is 1.38 bits per heavy atom. The van der Waals surface area contributed by atoms with Crippen molar-refractivity contribution in [2.45, 2.75) is 12.5 Å². The van der Waals surface area contributed by atoms with Gasteiger partial charge >= 0.3 is 5.97 Å². The van der Waals surface area contributed by atoms with Gasteiger partial charge in [-0.2, -0.15) is 0 Å². The minimum Gasteiger partial charge on any atom is -0.480 e. The second-order valence-corrected chi connectivity index (χ2v) is 3.12. The fraction of sp³-hybridized carbons (Fsp3) is 0.778. The van der Waals surface area contributed by atoms with Gasteiger partial charge in [-0.1, -0.05) is 0 Å². The number of carboxylic acid groups (broad SMARTS) is 1. The van der Waals surface area contributed by atoms with Gasteiger partial charge in [-0.25, -0.2) is 4.79 Å². The van der Waals surface area contributed by atoms with Crippen molar-refractivity contribution in [2.24, 2.45) is 0 Å². The Bertz CT molecular complexity index is 214. The molecular weight excluding hydrogens is 218 g/mol. The molecule has 0 fully saturated rings. The van der Waals surface area contributed by atoms with Crippen LogP contribution in [0.25, 0.3) is 0 Å². The molecule has 3 N–H and O–H groups in total. The molecule has 0 heterocycles. The lowest BCUT2D eigenvalue weighted by molar-refractivity contribution is -0.143. The molecule has 1 atom stereocenters. The zero-order chi connectivity index (χ0) is 12.4. The van der Waals surface area contributed by atoms with E-state index in [2.05, 4.69) is 10.1 Å². The van der Waals surface area contributed by atoms with E-state index in [1.807, 2.05) is 0 Å². The number of amides is 1. The van der Waals surface area contributed by atoms with Crippen molar-refractivity contribution in [3.05, 3.63) is 0 Å². The van der Waals surface area contributed by atoms with Gasteiger partial charge in [-0.15, -0.1) is 0 Å². The van der Waals surface area contributed by atoms with Crippen molar-refractivity contribution in [1.82, 2.24) is 5.32 Å². The van der Waals surface area contributed by atoms with Gasteiger partial charge in [-0.05, 0) is 6.42 Å². The van der Waals surface area contributed by atoms with E-state index in [9.17, 15) is 9.59 Å². The maximum Gasteiger partial charge on any atom is 0.329 e. The summed E-state index contributed by atoms with van der Waals surface area (Å²) in [6.07, 6.45) is 0.374. The quantitative estimate of drug-likeness (QED) is 0.454. The van der Waals surface area contributed by atoms with Crippen LogP contribution in [-0.4, -0.2) is 61.7 Å². The highest BCUT2D eigenvalue weighted by Gasteiger charge is 2.11. The minimum absolute atomic E-state index is 0.0652. The van der Waals surface area contributed by atoms with Crippen LogP contribution < -0.4 is 5.32 Å². The maximum atomic E-state index is 11.2. The van der Waals surface area contributed by atoms with E-state index >= 15 is 0 Å². The number of carbonyl (C=O) groups is 2. The summed E-state index contributed by atoms with van der Waals surface area (Å²) < 4.78 is 9.44. The zero-order valence-corrected chi connectivity index (χ0v) is 9.14. The van der Waals surface area contributed by atoms with Gasteiger partial charge in [0.1, 0.15) is 13.2 Å². The van der Waals surface area contributed by atoms with Crippen LogP contribution in [0.4, 0.5) is 0 Å². The van der Waals surface area contributed by atoms with E-state index in [4.69, 9.17) is 14.9 Å². The average Bonchev–Trinajstić information content (AvgIpc) is 2.17. The summed E-state index contributed by atoms with van der Waals surface area (Å²) in [6, 6.07) is -0.295. The first kappa shape index (κ1) is 14.8. The number of hydrogen-bond acceptors (Lipinski definition) is 5. The minimum atomic E-state index is -1.13. The summed E-state index contributed by atoms with van der Waals surface area (Å²) in [5, 5.41) is 19.5. The van der Waals surface area contributed by atoms with Crippen LogP contribution in [0.3, 0.4) is 0 Å². The van der Waals surface area contributed by atoms with Gasteiger partial charge in [0.05, 0.1) is 12.6 Å². The molecule has 1 unspecified atom stereocenters. The van der Waals surface area contributed by atoms with E-state index in [-0.39, 0.29) is 25.9 Å². The second-order valence-electron chi connectivity index (χ2n) is 3.12. The van der Waals surface area contributed by atoms with Crippen LogP contribution in [0.15, 0.2) is 0 Å². The zero-order valence-electron chi connectivity index (χ0n) is 9.14. The van der Waals surface area contributed by atoms with E-state index in [1.54, 1.807) is 0 Å². The van der Waals surface area contributed by atoms with Crippen LogP contribution in [0.5, 0.6) is 0 Å². The van der Waals surface area contributed by atoms with Crippen molar-refractivity contribution in [2.75, 3.05) is 33.5 Å². The predicted molar refractivity (Wildman–Crippen MR) is 54.0 cm³/mol. The van der Waals surface area contributed by atoms with Gasteiger partial charge < -0.3 is 25.0 Å². The smallest absolute Gasteiger partial charge is 0.329 e. The number of aliphatic carboxylic acids is 1. The summed E-state index contributed by atoms with van der Waals surface area (Å²) in [7, 11) is 1.48. The van der Waals surface area contributed by atoms with Crippen LogP contribution >= 0.6 is 0 Å². The third kappa shape index (κ3) is 8.16. The fourth-order valence-corrected chi connectivity index (χ4v) is 1.05. The standard InChI is InChI=1S/C9H17NO6/c1-15-4-7(2-3-11)10-8(12)5-16-6-9(13)14/h7,11H,2-6H2,1H3,(H,10,12)(H,13,14). The first-order valence-electron chi connectivity index (χ1n) is 4.78. The molecule has 0 rings (SSSR count). The maximum absolute atomic E-state index is 11.2. The molecule has 0 aliphatic carbocycles. The number of ether oxygens (including phenoxy) is 2. The van der Waals surface area contributed by atoms with Crippen LogP contribution in [0, 0.1) is 0 Å². The van der Waals surface area contributed by atoms with Crippen LogP contribution in [0.1, 0.15) is 6.42 Å². The molecule has 0 aromatic rings. The molecule has 1 amide bonds. The summed E-state index contributed by atoms with van der Waals surface area (Å²) >= 11 is 0. The molecule has 0 saturated carbocycles. The summed E-state index contributed by atoms with van der Waals surface area (Å²) in [6.45, 7) is -0.615. The van der Waals surface area contributed by atoms with Crippen molar-refractivity contribution in [3.8, 4) is 0 Å². The molecular formula is C9H17NO6. The first-order chi connectivity index (χ1) is 7.60. The van der Waals surface area contributed by atoms with Gasteiger partial charge in [0.15, 0.2) is 0 Å². The summed E-state index contributed by atoms with van der Waals surface area (Å²) in [5.74, 6) is -1.56. The third-order valence-corrected chi connectivity index (χ3v) is 1.67. The van der Waals surface area contributed by atoms with Crippen LogP contribution in [0.2, 0.25) is 0 Å². The Balaban J connectivity index is 3.76. The van der Waals surface area contributed by atoms with Crippen molar-refractivity contribution in [1.29, 1.82) is 0 Å². The lowest BCUT2D eigenvalue weighted by Gasteiger charge is -2.16. The van der Waals surface area contributed by atoms with E-state index in [0.717, 1.165) is 0 Å². The highest BCUT2D eigenvalue weighted by atomic mass is 16.5. The van der Waals surface area contributed by atoms with E-state index < -0.39 is 18.5 Å². The van der Waals surface area contributed by atoms with Crippen molar-refractivity contribution >= 4 is 11.9 Å². The molecule has 0 saturated heterocycles. The molecule has 7 heteroatoms. The highest BCUT2D eigenvalue weighted by Crippen LogP contribution is 1.92. The fourth-order valence-electron chi connectivity index (χ4n) is 1.05. The molecule has 0 bridgehead atoms. The Hall–Kier alpha value is -1.18.